The van der Waals surface area contributed by atoms with Gasteiger partial charge in [0.2, 0.25) is 5.91 Å². The summed E-state index contributed by atoms with van der Waals surface area (Å²) >= 11 is 0. The number of carbonyl (C=O) groups excluding carboxylic acids is 1. The molecule has 0 radical (unpaired) electrons. The topological polar surface area (TPSA) is 66.4 Å². The zero-order chi connectivity index (χ0) is 16.0. The molecule has 1 unspecified atom stereocenters. The van der Waals surface area contributed by atoms with E-state index in [0.717, 1.165) is 18.2 Å². The molecule has 2 N–H and O–H groups in total. The van der Waals surface area contributed by atoms with Crippen molar-refractivity contribution in [3.05, 3.63) is 35.4 Å². The number of hydrogen-bond acceptors (Lipinski definition) is 2. The van der Waals surface area contributed by atoms with Crippen LogP contribution in [0.25, 0.3) is 0 Å². The zero-order valence-electron chi connectivity index (χ0n) is 12.0. The van der Waals surface area contributed by atoms with Crippen molar-refractivity contribution in [2.75, 3.05) is 0 Å². The van der Waals surface area contributed by atoms with Crippen LogP contribution in [0.2, 0.25) is 0 Å². The van der Waals surface area contributed by atoms with Crippen molar-refractivity contribution < 1.29 is 23.5 Å². The summed E-state index contributed by atoms with van der Waals surface area (Å²) in [7, 11) is 0. The molecular formula is C15H19F2NO3. The number of nitrogens with one attached hydrogen (secondary N) is 1. The second-order valence-corrected chi connectivity index (χ2v) is 5.22. The fourth-order valence-electron chi connectivity index (χ4n) is 1.93. The zero-order valence-corrected chi connectivity index (χ0v) is 12.0. The molecule has 0 bridgehead atoms. The number of amides is 1. The van der Waals surface area contributed by atoms with E-state index in [4.69, 9.17) is 5.11 Å². The van der Waals surface area contributed by atoms with E-state index in [9.17, 15) is 18.4 Å². The fraction of sp³-hybridized carbons (Fsp3) is 0.467. The number of hydrogen-bond donors (Lipinski definition) is 2. The van der Waals surface area contributed by atoms with Crippen LogP contribution >= 0.6 is 0 Å². The molecule has 0 saturated carbocycles. The highest BCUT2D eigenvalue weighted by Crippen LogP contribution is 2.13. The summed E-state index contributed by atoms with van der Waals surface area (Å²) < 4.78 is 26.3. The summed E-state index contributed by atoms with van der Waals surface area (Å²) in [5, 5.41) is 11.4. The number of carbonyl (C=O) groups is 2. The molecule has 1 amide bonds. The highest BCUT2D eigenvalue weighted by Gasteiger charge is 2.22. The maximum Gasteiger partial charge on any atom is 0.326 e. The normalized spacial score (nSPS) is 12.2. The summed E-state index contributed by atoms with van der Waals surface area (Å²) in [6, 6.07) is 2.24. The summed E-state index contributed by atoms with van der Waals surface area (Å²) in [6.45, 7) is 3.39. The summed E-state index contributed by atoms with van der Waals surface area (Å²) in [5.74, 6) is -2.77. The van der Waals surface area contributed by atoms with Gasteiger partial charge in [-0.05, 0) is 42.5 Å². The average Bonchev–Trinajstić information content (AvgIpc) is 2.39. The van der Waals surface area contributed by atoms with Gasteiger partial charge in [-0.3, -0.25) is 4.79 Å². The van der Waals surface area contributed by atoms with Crippen LogP contribution < -0.4 is 5.32 Å². The SMILES string of the molecule is CC(C)C(NC(=O)CCCc1cc(F)ccc1F)C(=O)O. The third-order valence-electron chi connectivity index (χ3n) is 3.11. The first-order valence-corrected chi connectivity index (χ1v) is 6.77. The summed E-state index contributed by atoms with van der Waals surface area (Å²) in [6.07, 6.45) is 0.597. The van der Waals surface area contributed by atoms with Crippen LogP contribution in [0.3, 0.4) is 0 Å². The van der Waals surface area contributed by atoms with E-state index in [-0.39, 0.29) is 24.3 Å². The standard InChI is InChI=1S/C15H19F2NO3/c1-9(2)14(15(20)21)18-13(19)5-3-4-10-8-11(16)6-7-12(10)17/h6-9,14H,3-5H2,1-2H3,(H,18,19)(H,20,21). The third kappa shape index (κ3) is 5.49. The van der Waals surface area contributed by atoms with E-state index in [1.54, 1.807) is 13.8 Å². The van der Waals surface area contributed by atoms with Crippen LogP contribution in [0.5, 0.6) is 0 Å². The van der Waals surface area contributed by atoms with E-state index in [1.807, 2.05) is 0 Å². The molecule has 0 aromatic heterocycles. The number of halogens is 2. The maximum atomic E-state index is 13.4. The molecule has 116 valence electrons. The Balaban J connectivity index is 2.46. The molecular weight excluding hydrogens is 280 g/mol. The van der Waals surface area contributed by atoms with Crippen LogP contribution in [-0.2, 0) is 16.0 Å². The van der Waals surface area contributed by atoms with Crippen LogP contribution in [-0.4, -0.2) is 23.0 Å². The van der Waals surface area contributed by atoms with Gasteiger partial charge in [-0.2, -0.15) is 0 Å². The summed E-state index contributed by atoms with van der Waals surface area (Å²) in [5.41, 5.74) is 0.210. The van der Waals surface area contributed by atoms with E-state index >= 15 is 0 Å². The molecule has 1 atom stereocenters. The molecule has 1 rings (SSSR count). The van der Waals surface area contributed by atoms with Crippen LogP contribution in [0.15, 0.2) is 18.2 Å². The van der Waals surface area contributed by atoms with Crippen molar-refractivity contribution in [1.82, 2.24) is 5.32 Å². The molecule has 1 aromatic rings. The van der Waals surface area contributed by atoms with E-state index < -0.39 is 29.6 Å². The van der Waals surface area contributed by atoms with Gasteiger partial charge in [0, 0.05) is 6.42 Å². The smallest absolute Gasteiger partial charge is 0.326 e. The predicted octanol–water partition coefficient (Wildman–Crippen LogP) is 2.51. The first-order valence-electron chi connectivity index (χ1n) is 6.77. The monoisotopic (exact) mass is 299 g/mol. The minimum absolute atomic E-state index is 0.0620. The molecule has 4 nitrogen and oxygen atoms in total. The lowest BCUT2D eigenvalue weighted by atomic mass is 10.0. The molecule has 0 saturated heterocycles. The Labute approximate surface area is 122 Å². The van der Waals surface area contributed by atoms with Gasteiger partial charge in [-0.25, -0.2) is 13.6 Å². The van der Waals surface area contributed by atoms with Gasteiger partial charge in [0.05, 0.1) is 0 Å². The maximum absolute atomic E-state index is 13.4. The number of carboxylic acids is 1. The van der Waals surface area contributed by atoms with Crippen LogP contribution in [0.4, 0.5) is 8.78 Å². The lowest BCUT2D eigenvalue weighted by molar-refractivity contribution is -0.143. The Morgan fingerprint density at radius 3 is 2.52 bits per heavy atom. The van der Waals surface area contributed by atoms with Gasteiger partial charge in [-0.15, -0.1) is 0 Å². The van der Waals surface area contributed by atoms with Crippen molar-refractivity contribution >= 4 is 11.9 Å². The first kappa shape index (κ1) is 17.1. The first-order chi connectivity index (χ1) is 9.81. The minimum atomic E-state index is -1.09. The van der Waals surface area contributed by atoms with Gasteiger partial charge < -0.3 is 10.4 Å². The Hall–Kier alpha value is -1.98. The van der Waals surface area contributed by atoms with Crippen LogP contribution in [0.1, 0.15) is 32.3 Å². The average molecular weight is 299 g/mol. The number of aliphatic carboxylic acids is 1. The Morgan fingerprint density at radius 1 is 1.29 bits per heavy atom. The molecule has 0 aliphatic heterocycles. The third-order valence-corrected chi connectivity index (χ3v) is 3.11. The van der Waals surface area contributed by atoms with Crippen molar-refractivity contribution in [3.8, 4) is 0 Å². The second kappa shape index (κ2) is 7.71. The molecule has 0 fully saturated rings. The van der Waals surface area contributed by atoms with E-state index in [1.165, 1.54) is 0 Å². The van der Waals surface area contributed by atoms with Gasteiger partial charge in [0.25, 0.3) is 0 Å². The lowest BCUT2D eigenvalue weighted by Gasteiger charge is -2.17. The van der Waals surface area contributed by atoms with Gasteiger partial charge in [0.1, 0.15) is 17.7 Å². The lowest BCUT2D eigenvalue weighted by Crippen LogP contribution is -2.44. The van der Waals surface area contributed by atoms with Gasteiger partial charge >= 0.3 is 5.97 Å². The van der Waals surface area contributed by atoms with Crippen LogP contribution in [0, 0.1) is 17.6 Å². The summed E-state index contributed by atoms with van der Waals surface area (Å²) in [4.78, 5) is 22.6. The molecule has 0 aliphatic rings. The van der Waals surface area contributed by atoms with Crippen molar-refractivity contribution in [3.63, 3.8) is 0 Å². The number of aryl methyl sites for hydroxylation is 1. The largest absolute Gasteiger partial charge is 0.480 e. The Kier molecular flexibility index (Phi) is 6.27. The molecule has 0 spiro atoms. The minimum Gasteiger partial charge on any atom is -0.480 e. The predicted molar refractivity (Wildman–Crippen MR) is 73.7 cm³/mol. The number of benzene rings is 1. The van der Waals surface area contributed by atoms with Gasteiger partial charge in [-0.1, -0.05) is 13.8 Å². The van der Waals surface area contributed by atoms with Crippen molar-refractivity contribution in [1.29, 1.82) is 0 Å². The number of rotatable bonds is 7. The Bertz CT molecular complexity index is 518. The van der Waals surface area contributed by atoms with E-state index in [2.05, 4.69) is 5.32 Å². The highest BCUT2D eigenvalue weighted by atomic mass is 19.1. The quantitative estimate of drug-likeness (QED) is 0.813. The van der Waals surface area contributed by atoms with Gasteiger partial charge in [0.15, 0.2) is 0 Å². The molecule has 1 aromatic carbocycles. The molecule has 6 heteroatoms. The fourth-order valence-corrected chi connectivity index (χ4v) is 1.93. The highest BCUT2D eigenvalue weighted by molar-refractivity contribution is 5.83. The molecule has 0 heterocycles. The van der Waals surface area contributed by atoms with Crippen molar-refractivity contribution in [2.24, 2.45) is 5.92 Å². The molecule has 0 aliphatic carbocycles. The second-order valence-electron chi connectivity index (χ2n) is 5.22. The number of carboxylic acid groups (broad SMARTS) is 1. The molecule has 21 heavy (non-hydrogen) atoms. The Morgan fingerprint density at radius 2 is 1.95 bits per heavy atom. The van der Waals surface area contributed by atoms with E-state index in [0.29, 0.717) is 6.42 Å². The van der Waals surface area contributed by atoms with Crippen molar-refractivity contribution in [2.45, 2.75) is 39.2 Å².